The third-order valence-corrected chi connectivity index (χ3v) is 5.02. The van der Waals surface area contributed by atoms with E-state index < -0.39 is 0 Å². The average molecular weight is 397 g/mol. The summed E-state index contributed by atoms with van der Waals surface area (Å²) >= 11 is 16.7. The van der Waals surface area contributed by atoms with E-state index in [-0.39, 0.29) is 11.9 Å². The van der Waals surface area contributed by atoms with Crippen LogP contribution in [0.3, 0.4) is 0 Å². The first-order valence-electron chi connectivity index (χ1n) is 6.16. The summed E-state index contributed by atoms with van der Waals surface area (Å²) in [5.41, 5.74) is 1.37. The van der Waals surface area contributed by atoms with Gasteiger partial charge in [0, 0.05) is 11.1 Å². The summed E-state index contributed by atoms with van der Waals surface area (Å²) in [6, 6.07) is 6.74. The highest BCUT2D eigenvalue weighted by Crippen LogP contribution is 2.38. The Balaban J connectivity index is 2.47. The van der Waals surface area contributed by atoms with E-state index in [1.807, 2.05) is 6.07 Å². The Hall–Kier alpha value is -0.130. The van der Waals surface area contributed by atoms with Gasteiger partial charge in [0.1, 0.15) is 5.82 Å². The minimum Gasteiger partial charge on any atom is -0.306 e. The molecule has 20 heavy (non-hydrogen) atoms. The van der Waals surface area contributed by atoms with Crippen molar-refractivity contribution in [1.82, 2.24) is 5.32 Å². The fourth-order valence-corrected chi connectivity index (χ4v) is 3.88. The number of rotatable bonds is 5. The van der Waals surface area contributed by atoms with E-state index in [2.05, 4.69) is 28.2 Å². The van der Waals surface area contributed by atoms with Crippen LogP contribution in [0, 0.1) is 5.82 Å². The standard InChI is InChI=1S/C14H13BrCl2FNS/c1-2-6-19-13(9-7-11(16)20-14(9)17)8-4-3-5-10(15)12(8)18/h3-5,7,13,19H,2,6H2,1H3. The SMILES string of the molecule is CCCNC(c1cc(Cl)sc1Cl)c1cccc(Br)c1F. The van der Waals surface area contributed by atoms with Gasteiger partial charge in [0.15, 0.2) is 0 Å². The number of hydrogen-bond acceptors (Lipinski definition) is 2. The van der Waals surface area contributed by atoms with Crippen LogP contribution in [0.4, 0.5) is 4.39 Å². The van der Waals surface area contributed by atoms with Gasteiger partial charge < -0.3 is 5.32 Å². The quantitative estimate of drug-likeness (QED) is 0.648. The molecular weight excluding hydrogens is 384 g/mol. The second kappa shape index (κ2) is 7.23. The highest BCUT2D eigenvalue weighted by atomic mass is 79.9. The van der Waals surface area contributed by atoms with Crippen LogP contribution in [0.25, 0.3) is 0 Å². The molecule has 0 bridgehead atoms. The van der Waals surface area contributed by atoms with Crippen molar-refractivity contribution >= 4 is 50.5 Å². The summed E-state index contributed by atoms with van der Waals surface area (Å²) in [7, 11) is 0. The first-order chi connectivity index (χ1) is 9.54. The minimum atomic E-state index is -0.302. The molecule has 2 rings (SSSR count). The molecule has 0 radical (unpaired) electrons. The lowest BCUT2D eigenvalue weighted by atomic mass is 10.0. The van der Waals surface area contributed by atoms with Gasteiger partial charge in [0.25, 0.3) is 0 Å². The van der Waals surface area contributed by atoms with Gasteiger partial charge in [-0.2, -0.15) is 0 Å². The maximum absolute atomic E-state index is 14.3. The van der Waals surface area contributed by atoms with Gasteiger partial charge >= 0.3 is 0 Å². The van der Waals surface area contributed by atoms with Crippen molar-refractivity contribution < 1.29 is 4.39 Å². The third-order valence-electron chi connectivity index (χ3n) is 2.88. The number of thiophene rings is 1. The molecule has 0 saturated heterocycles. The fraction of sp³-hybridized carbons (Fsp3) is 0.286. The summed E-state index contributed by atoms with van der Waals surface area (Å²) in [5, 5.41) is 3.33. The van der Waals surface area contributed by atoms with Crippen molar-refractivity contribution in [2.75, 3.05) is 6.54 Å². The first kappa shape index (κ1) is 16.2. The number of nitrogens with one attached hydrogen (secondary N) is 1. The van der Waals surface area contributed by atoms with Crippen LogP contribution in [-0.2, 0) is 0 Å². The molecule has 1 heterocycles. The lowest BCUT2D eigenvalue weighted by molar-refractivity contribution is 0.544. The Kier molecular flexibility index (Phi) is 5.87. The van der Waals surface area contributed by atoms with Crippen molar-refractivity contribution in [2.24, 2.45) is 0 Å². The summed E-state index contributed by atoms with van der Waals surface area (Å²) in [4.78, 5) is 0. The van der Waals surface area contributed by atoms with E-state index in [0.717, 1.165) is 18.5 Å². The van der Waals surface area contributed by atoms with Crippen LogP contribution in [0.2, 0.25) is 8.67 Å². The van der Waals surface area contributed by atoms with Crippen LogP contribution in [0.15, 0.2) is 28.7 Å². The van der Waals surface area contributed by atoms with E-state index >= 15 is 0 Å². The molecule has 6 heteroatoms. The zero-order valence-corrected chi connectivity index (χ0v) is 14.6. The zero-order chi connectivity index (χ0) is 14.7. The van der Waals surface area contributed by atoms with Crippen molar-refractivity contribution in [3.05, 3.63) is 54.4 Å². The molecule has 1 nitrogen and oxygen atoms in total. The second-order valence-electron chi connectivity index (χ2n) is 4.31. The van der Waals surface area contributed by atoms with Gasteiger partial charge in [0.05, 0.1) is 19.2 Å². The van der Waals surface area contributed by atoms with Gasteiger partial charge in [-0.25, -0.2) is 4.39 Å². The van der Waals surface area contributed by atoms with E-state index in [4.69, 9.17) is 23.2 Å². The molecular formula is C14H13BrCl2FNS. The van der Waals surface area contributed by atoms with E-state index in [1.165, 1.54) is 11.3 Å². The van der Waals surface area contributed by atoms with Crippen LogP contribution in [0.1, 0.15) is 30.5 Å². The molecule has 108 valence electrons. The van der Waals surface area contributed by atoms with Crippen LogP contribution in [0.5, 0.6) is 0 Å². The minimum absolute atomic E-state index is 0.278. The molecule has 2 aromatic rings. The smallest absolute Gasteiger partial charge is 0.142 e. The van der Waals surface area contributed by atoms with Gasteiger partial charge in [-0.05, 0) is 41.0 Å². The number of benzene rings is 1. The Bertz CT molecular complexity index is 603. The molecule has 1 aromatic heterocycles. The molecule has 1 atom stereocenters. The van der Waals surface area contributed by atoms with Gasteiger partial charge in [0.2, 0.25) is 0 Å². The average Bonchev–Trinajstić information content (AvgIpc) is 2.74. The summed E-state index contributed by atoms with van der Waals surface area (Å²) in [5.74, 6) is -0.278. The van der Waals surface area contributed by atoms with Crippen molar-refractivity contribution in [3.8, 4) is 0 Å². The Labute approximate surface area is 140 Å². The van der Waals surface area contributed by atoms with E-state index in [9.17, 15) is 4.39 Å². The predicted octanol–water partition coefficient (Wildman–Crippen LogP) is 6.05. The highest BCUT2D eigenvalue weighted by molar-refractivity contribution is 9.10. The maximum Gasteiger partial charge on any atom is 0.142 e. The van der Waals surface area contributed by atoms with Crippen molar-refractivity contribution in [2.45, 2.75) is 19.4 Å². The molecule has 1 aromatic carbocycles. The molecule has 1 N–H and O–H groups in total. The normalized spacial score (nSPS) is 12.7. The zero-order valence-electron chi connectivity index (χ0n) is 10.7. The van der Waals surface area contributed by atoms with Gasteiger partial charge in [-0.15, -0.1) is 11.3 Å². The summed E-state index contributed by atoms with van der Waals surface area (Å²) in [6.07, 6.45) is 0.946. The largest absolute Gasteiger partial charge is 0.306 e. The van der Waals surface area contributed by atoms with Gasteiger partial charge in [-0.1, -0.05) is 42.3 Å². The summed E-state index contributed by atoms with van der Waals surface area (Å²) < 4.78 is 16.0. The predicted molar refractivity (Wildman–Crippen MR) is 88.6 cm³/mol. The Morgan fingerprint density at radius 2 is 2.10 bits per heavy atom. The molecule has 0 aliphatic rings. The maximum atomic E-state index is 14.3. The summed E-state index contributed by atoms with van der Waals surface area (Å²) in [6.45, 7) is 2.82. The van der Waals surface area contributed by atoms with E-state index in [1.54, 1.807) is 18.2 Å². The second-order valence-corrected chi connectivity index (χ2v) is 7.45. The van der Waals surface area contributed by atoms with E-state index in [0.29, 0.717) is 18.7 Å². The topological polar surface area (TPSA) is 12.0 Å². The van der Waals surface area contributed by atoms with Crippen LogP contribution >= 0.6 is 50.5 Å². The lowest BCUT2D eigenvalue weighted by Gasteiger charge is -2.20. The van der Waals surface area contributed by atoms with Gasteiger partial charge in [-0.3, -0.25) is 0 Å². The molecule has 0 saturated carbocycles. The van der Waals surface area contributed by atoms with Crippen LogP contribution in [-0.4, -0.2) is 6.54 Å². The molecule has 1 unspecified atom stereocenters. The number of hydrogen-bond donors (Lipinski definition) is 1. The molecule has 0 aliphatic heterocycles. The van der Waals surface area contributed by atoms with Crippen LogP contribution < -0.4 is 5.32 Å². The van der Waals surface area contributed by atoms with Crippen molar-refractivity contribution in [3.63, 3.8) is 0 Å². The highest BCUT2D eigenvalue weighted by Gasteiger charge is 2.22. The fourth-order valence-electron chi connectivity index (χ4n) is 1.97. The molecule has 0 amide bonds. The monoisotopic (exact) mass is 395 g/mol. The number of halogens is 4. The Morgan fingerprint density at radius 3 is 2.70 bits per heavy atom. The molecule has 0 spiro atoms. The first-order valence-corrected chi connectivity index (χ1v) is 8.53. The lowest BCUT2D eigenvalue weighted by Crippen LogP contribution is -2.24. The third kappa shape index (κ3) is 3.55. The van der Waals surface area contributed by atoms with Crippen molar-refractivity contribution in [1.29, 1.82) is 0 Å². The molecule has 0 fully saturated rings. The molecule has 0 aliphatic carbocycles. The Morgan fingerprint density at radius 1 is 1.35 bits per heavy atom.